The summed E-state index contributed by atoms with van der Waals surface area (Å²) < 4.78 is 18.4. The summed E-state index contributed by atoms with van der Waals surface area (Å²) in [7, 11) is 0. The fourth-order valence-corrected chi connectivity index (χ4v) is 3.43. The zero-order valence-corrected chi connectivity index (χ0v) is 15.2. The van der Waals surface area contributed by atoms with Crippen molar-refractivity contribution in [3.05, 3.63) is 76.1 Å². The SMILES string of the molecule is CCOC(=O)C1=C(O)/C(=C\c2ccccc2O)SC1=Nc1cccc(F)c1. The van der Waals surface area contributed by atoms with Gasteiger partial charge in [0.25, 0.3) is 0 Å². The summed E-state index contributed by atoms with van der Waals surface area (Å²) in [6, 6.07) is 12.2. The highest BCUT2D eigenvalue weighted by Crippen LogP contribution is 2.41. The number of aromatic hydroxyl groups is 1. The summed E-state index contributed by atoms with van der Waals surface area (Å²) in [5.74, 6) is -1.45. The van der Waals surface area contributed by atoms with Gasteiger partial charge in [0.05, 0.1) is 17.2 Å². The third kappa shape index (κ3) is 4.20. The first-order chi connectivity index (χ1) is 13.0. The van der Waals surface area contributed by atoms with Gasteiger partial charge in [-0.15, -0.1) is 0 Å². The summed E-state index contributed by atoms with van der Waals surface area (Å²) >= 11 is 1.04. The smallest absolute Gasteiger partial charge is 0.344 e. The fraction of sp³-hybridized carbons (Fsp3) is 0.100. The molecule has 5 nitrogen and oxygen atoms in total. The molecule has 1 heterocycles. The number of aliphatic imine (C=N–C) groups is 1. The lowest BCUT2D eigenvalue weighted by Gasteiger charge is -2.03. The number of carbonyl (C=O) groups excluding carboxylic acids is 1. The van der Waals surface area contributed by atoms with Crippen LogP contribution in [0.2, 0.25) is 0 Å². The van der Waals surface area contributed by atoms with E-state index in [0.717, 1.165) is 11.8 Å². The zero-order chi connectivity index (χ0) is 19.4. The Bertz CT molecular complexity index is 981. The van der Waals surface area contributed by atoms with Crippen molar-refractivity contribution in [2.24, 2.45) is 4.99 Å². The van der Waals surface area contributed by atoms with Gasteiger partial charge in [-0.25, -0.2) is 14.2 Å². The van der Waals surface area contributed by atoms with E-state index in [9.17, 15) is 19.4 Å². The number of halogens is 1. The van der Waals surface area contributed by atoms with E-state index in [0.29, 0.717) is 16.2 Å². The molecule has 7 heteroatoms. The van der Waals surface area contributed by atoms with Crippen molar-refractivity contribution in [2.45, 2.75) is 6.92 Å². The average molecular weight is 385 g/mol. The highest BCUT2D eigenvalue weighted by Gasteiger charge is 2.33. The van der Waals surface area contributed by atoms with E-state index < -0.39 is 11.8 Å². The fourth-order valence-electron chi connectivity index (χ4n) is 2.41. The predicted octanol–water partition coefficient (Wildman–Crippen LogP) is 4.72. The second-order valence-electron chi connectivity index (χ2n) is 5.51. The van der Waals surface area contributed by atoms with Crippen LogP contribution in [0, 0.1) is 5.82 Å². The van der Waals surface area contributed by atoms with Crippen molar-refractivity contribution in [1.29, 1.82) is 0 Å². The molecule has 0 unspecified atom stereocenters. The minimum Gasteiger partial charge on any atom is -0.507 e. The number of hydrogen-bond acceptors (Lipinski definition) is 6. The van der Waals surface area contributed by atoms with E-state index in [1.165, 1.54) is 24.3 Å². The van der Waals surface area contributed by atoms with Gasteiger partial charge in [-0.2, -0.15) is 0 Å². The van der Waals surface area contributed by atoms with Crippen LogP contribution in [-0.4, -0.2) is 27.8 Å². The van der Waals surface area contributed by atoms with E-state index in [1.807, 2.05) is 0 Å². The van der Waals surface area contributed by atoms with Crippen molar-refractivity contribution in [2.75, 3.05) is 6.61 Å². The Hall–Kier alpha value is -3.06. The van der Waals surface area contributed by atoms with Gasteiger partial charge in [-0.3, -0.25) is 0 Å². The molecule has 0 fully saturated rings. The van der Waals surface area contributed by atoms with Gasteiger partial charge < -0.3 is 14.9 Å². The van der Waals surface area contributed by atoms with Gasteiger partial charge >= 0.3 is 5.97 Å². The molecular weight excluding hydrogens is 369 g/mol. The Morgan fingerprint density at radius 1 is 1.22 bits per heavy atom. The molecule has 0 saturated heterocycles. The van der Waals surface area contributed by atoms with Crippen LogP contribution in [0.15, 0.2) is 69.8 Å². The van der Waals surface area contributed by atoms with Gasteiger partial charge in [0.1, 0.15) is 27.9 Å². The summed E-state index contributed by atoms with van der Waals surface area (Å²) in [5.41, 5.74) is 0.686. The number of ether oxygens (including phenoxy) is 1. The first kappa shape index (κ1) is 18.7. The highest BCUT2D eigenvalue weighted by atomic mass is 32.2. The number of aliphatic hydroxyl groups is 1. The monoisotopic (exact) mass is 385 g/mol. The number of para-hydroxylation sites is 1. The Balaban J connectivity index is 2.07. The third-order valence-electron chi connectivity index (χ3n) is 3.63. The molecule has 2 aromatic rings. The number of carbonyl (C=O) groups is 1. The molecule has 27 heavy (non-hydrogen) atoms. The molecule has 1 aliphatic rings. The van der Waals surface area contributed by atoms with E-state index >= 15 is 0 Å². The van der Waals surface area contributed by atoms with Crippen molar-refractivity contribution in [1.82, 2.24) is 0 Å². The van der Waals surface area contributed by atoms with E-state index in [-0.39, 0.29) is 28.7 Å². The quantitative estimate of drug-likeness (QED) is 0.744. The van der Waals surface area contributed by atoms with Crippen LogP contribution in [0.1, 0.15) is 12.5 Å². The maximum absolute atomic E-state index is 13.4. The molecule has 0 bridgehead atoms. The van der Waals surface area contributed by atoms with E-state index in [4.69, 9.17) is 4.74 Å². The summed E-state index contributed by atoms with van der Waals surface area (Å²) in [5, 5.41) is 20.7. The Morgan fingerprint density at radius 2 is 2.00 bits per heavy atom. The molecule has 0 atom stereocenters. The Morgan fingerprint density at radius 3 is 2.70 bits per heavy atom. The molecule has 0 aromatic heterocycles. The van der Waals surface area contributed by atoms with Crippen LogP contribution in [0.4, 0.5) is 10.1 Å². The first-order valence-corrected chi connectivity index (χ1v) is 8.94. The van der Waals surface area contributed by atoms with Gasteiger partial charge in [0.15, 0.2) is 0 Å². The number of esters is 1. The van der Waals surface area contributed by atoms with Crippen LogP contribution in [-0.2, 0) is 9.53 Å². The molecule has 2 N–H and O–H groups in total. The second-order valence-corrected chi connectivity index (χ2v) is 6.54. The normalized spacial score (nSPS) is 17.0. The average Bonchev–Trinajstić information content (AvgIpc) is 2.92. The van der Waals surface area contributed by atoms with Crippen molar-refractivity contribution >= 4 is 34.5 Å². The Kier molecular flexibility index (Phi) is 5.61. The van der Waals surface area contributed by atoms with E-state index in [1.54, 1.807) is 37.3 Å². The molecule has 2 aromatic carbocycles. The van der Waals surface area contributed by atoms with Gasteiger partial charge in [0, 0.05) is 5.56 Å². The maximum atomic E-state index is 13.4. The molecule has 0 saturated carbocycles. The first-order valence-electron chi connectivity index (χ1n) is 8.12. The summed E-state index contributed by atoms with van der Waals surface area (Å²) in [4.78, 5) is 16.9. The molecule has 0 amide bonds. The lowest BCUT2D eigenvalue weighted by molar-refractivity contribution is -0.138. The largest absolute Gasteiger partial charge is 0.507 e. The molecule has 138 valence electrons. The maximum Gasteiger partial charge on any atom is 0.344 e. The number of thioether (sulfide) groups is 1. The van der Waals surface area contributed by atoms with Crippen molar-refractivity contribution < 1.29 is 24.1 Å². The number of phenolic OH excluding ortho intramolecular Hbond substituents is 1. The van der Waals surface area contributed by atoms with Crippen LogP contribution in [0.5, 0.6) is 5.75 Å². The summed E-state index contributed by atoms with van der Waals surface area (Å²) in [6.07, 6.45) is 1.54. The number of rotatable bonds is 4. The van der Waals surface area contributed by atoms with Gasteiger partial charge in [0.2, 0.25) is 0 Å². The topological polar surface area (TPSA) is 79.1 Å². The molecular formula is C20H16FNO4S. The molecule has 1 aliphatic heterocycles. The minimum absolute atomic E-state index is 0.0339. The van der Waals surface area contributed by atoms with Gasteiger partial charge in [-0.05, 0) is 37.3 Å². The minimum atomic E-state index is -0.724. The van der Waals surface area contributed by atoms with Crippen LogP contribution in [0.25, 0.3) is 6.08 Å². The van der Waals surface area contributed by atoms with E-state index in [2.05, 4.69) is 4.99 Å². The lowest BCUT2D eigenvalue weighted by atomic mass is 10.1. The summed E-state index contributed by atoms with van der Waals surface area (Å²) in [6.45, 7) is 1.78. The molecule has 3 rings (SSSR count). The molecule has 0 aliphatic carbocycles. The third-order valence-corrected chi connectivity index (χ3v) is 4.65. The Labute approximate surface area is 159 Å². The van der Waals surface area contributed by atoms with Crippen LogP contribution in [0.3, 0.4) is 0 Å². The molecule has 0 radical (unpaired) electrons. The molecule has 0 spiro atoms. The number of nitrogens with zero attached hydrogens (tertiary/aromatic N) is 1. The predicted molar refractivity (Wildman–Crippen MR) is 103 cm³/mol. The lowest BCUT2D eigenvalue weighted by Crippen LogP contribution is -2.12. The van der Waals surface area contributed by atoms with Crippen LogP contribution >= 0.6 is 11.8 Å². The van der Waals surface area contributed by atoms with Gasteiger partial charge in [-0.1, -0.05) is 36.0 Å². The van der Waals surface area contributed by atoms with Crippen molar-refractivity contribution in [3.8, 4) is 5.75 Å². The van der Waals surface area contributed by atoms with Crippen molar-refractivity contribution in [3.63, 3.8) is 0 Å². The number of phenols is 1. The second kappa shape index (κ2) is 8.09. The van der Waals surface area contributed by atoms with Crippen LogP contribution < -0.4 is 0 Å². The number of hydrogen-bond donors (Lipinski definition) is 2. The number of aliphatic hydroxyl groups excluding tert-OH is 1. The number of benzene rings is 2. The zero-order valence-electron chi connectivity index (χ0n) is 14.3. The highest BCUT2D eigenvalue weighted by molar-refractivity contribution is 8.18. The standard InChI is InChI=1S/C20H16FNO4S/c1-2-26-20(25)17-18(24)16(10-12-6-3-4-9-15(12)23)27-19(17)22-14-8-5-7-13(21)11-14/h3-11,23-24H,2H2,1H3/b16-10+,22-19?.